The van der Waals surface area contributed by atoms with E-state index in [1.54, 1.807) is 0 Å². The van der Waals surface area contributed by atoms with E-state index >= 15 is 0 Å². The number of hydrogen-bond donors (Lipinski definition) is 1. The molecule has 0 aromatic heterocycles. The van der Waals surface area contributed by atoms with Gasteiger partial charge >= 0.3 is 0 Å². The SMILES string of the molecule is CC(C)C(Br)C(=O)NC(C)(C)C. The fourth-order valence-electron chi connectivity index (χ4n) is 0.741. The lowest BCUT2D eigenvalue weighted by atomic mass is 10.1. The molecule has 0 spiro atoms. The van der Waals surface area contributed by atoms with E-state index in [0.717, 1.165) is 0 Å². The van der Waals surface area contributed by atoms with E-state index in [4.69, 9.17) is 0 Å². The molecule has 1 amide bonds. The molecule has 0 aliphatic rings. The van der Waals surface area contributed by atoms with Crippen molar-refractivity contribution in [3.63, 3.8) is 0 Å². The molecule has 0 radical (unpaired) electrons. The van der Waals surface area contributed by atoms with Crippen molar-refractivity contribution in [1.29, 1.82) is 0 Å². The maximum absolute atomic E-state index is 11.4. The van der Waals surface area contributed by atoms with Gasteiger partial charge in [0.15, 0.2) is 0 Å². The van der Waals surface area contributed by atoms with Crippen LogP contribution in [-0.4, -0.2) is 16.3 Å². The van der Waals surface area contributed by atoms with Crippen LogP contribution in [0, 0.1) is 5.92 Å². The number of hydrogen-bond acceptors (Lipinski definition) is 1. The van der Waals surface area contributed by atoms with E-state index in [9.17, 15) is 4.79 Å². The second kappa shape index (κ2) is 4.26. The minimum atomic E-state index is -0.141. The topological polar surface area (TPSA) is 29.1 Å². The Hall–Kier alpha value is -0.0500. The Balaban J connectivity index is 4.05. The average Bonchev–Trinajstić information content (AvgIpc) is 1.82. The maximum Gasteiger partial charge on any atom is 0.234 e. The zero-order valence-corrected chi connectivity index (χ0v) is 10.0. The van der Waals surface area contributed by atoms with Gasteiger partial charge in [0.05, 0.1) is 4.83 Å². The van der Waals surface area contributed by atoms with E-state index < -0.39 is 0 Å². The van der Waals surface area contributed by atoms with Gasteiger partial charge in [-0.15, -0.1) is 0 Å². The molecule has 0 rings (SSSR count). The van der Waals surface area contributed by atoms with Gasteiger partial charge in [-0.05, 0) is 26.7 Å². The lowest BCUT2D eigenvalue weighted by Crippen LogP contribution is -2.45. The Bertz CT molecular complexity index is 160. The molecule has 0 aliphatic heterocycles. The average molecular weight is 236 g/mol. The van der Waals surface area contributed by atoms with Crippen molar-refractivity contribution in [2.45, 2.75) is 45.0 Å². The molecule has 2 nitrogen and oxygen atoms in total. The molecule has 0 bridgehead atoms. The van der Waals surface area contributed by atoms with Gasteiger partial charge in [-0.3, -0.25) is 4.79 Å². The molecule has 12 heavy (non-hydrogen) atoms. The summed E-state index contributed by atoms with van der Waals surface area (Å²) in [6.07, 6.45) is 0. The van der Waals surface area contributed by atoms with Crippen molar-refractivity contribution in [3.8, 4) is 0 Å². The molecule has 72 valence electrons. The highest BCUT2D eigenvalue weighted by Gasteiger charge is 2.22. The predicted octanol–water partition coefficient (Wildman–Crippen LogP) is 2.32. The van der Waals surface area contributed by atoms with Gasteiger partial charge in [0.25, 0.3) is 0 Å². The van der Waals surface area contributed by atoms with Crippen molar-refractivity contribution in [3.05, 3.63) is 0 Å². The van der Waals surface area contributed by atoms with Gasteiger partial charge in [-0.25, -0.2) is 0 Å². The second-order valence-corrected chi connectivity index (χ2v) is 5.37. The molecular weight excluding hydrogens is 218 g/mol. The molecule has 0 aromatic carbocycles. The highest BCUT2D eigenvalue weighted by atomic mass is 79.9. The Labute approximate surface area is 83.2 Å². The Morgan fingerprint density at radius 2 is 1.75 bits per heavy atom. The molecule has 0 aromatic rings. The first kappa shape index (κ1) is 11.9. The number of alkyl halides is 1. The third-order valence-electron chi connectivity index (χ3n) is 1.33. The van der Waals surface area contributed by atoms with Gasteiger partial charge < -0.3 is 5.32 Å². The Morgan fingerprint density at radius 1 is 1.33 bits per heavy atom. The minimum Gasteiger partial charge on any atom is -0.351 e. The number of amides is 1. The number of rotatable bonds is 2. The summed E-state index contributed by atoms with van der Waals surface area (Å²) in [5.74, 6) is 0.393. The van der Waals surface area contributed by atoms with Crippen LogP contribution in [0.4, 0.5) is 0 Å². The first-order chi connectivity index (χ1) is 5.24. The number of carbonyl (C=O) groups is 1. The van der Waals surface area contributed by atoms with Crippen LogP contribution in [0.2, 0.25) is 0 Å². The molecule has 0 saturated carbocycles. The molecule has 3 heteroatoms. The molecule has 0 saturated heterocycles. The summed E-state index contributed by atoms with van der Waals surface area (Å²) in [7, 11) is 0. The zero-order chi connectivity index (χ0) is 9.94. The molecule has 0 heterocycles. The quantitative estimate of drug-likeness (QED) is 0.732. The molecular formula is C9H18BrNO. The summed E-state index contributed by atoms with van der Waals surface area (Å²) >= 11 is 3.35. The smallest absolute Gasteiger partial charge is 0.234 e. The normalized spacial score (nSPS) is 14.6. The Morgan fingerprint density at radius 3 is 2.00 bits per heavy atom. The third kappa shape index (κ3) is 4.75. The van der Waals surface area contributed by atoms with Crippen LogP contribution in [0.5, 0.6) is 0 Å². The highest BCUT2D eigenvalue weighted by molar-refractivity contribution is 9.10. The van der Waals surface area contributed by atoms with Crippen molar-refractivity contribution in [2.24, 2.45) is 5.92 Å². The fourth-order valence-corrected chi connectivity index (χ4v) is 0.856. The molecule has 0 aliphatic carbocycles. The number of halogens is 1. The molecule has 1 unspecified atom stereocenters. The van der Waals surface area contributed by atoms with Crippen molar-refractivity contribution in [1.82, 2.24) is 5.32 Å². The lowest BCUT2D eigenvalue weighted by Gasteiger charge is -2.23. The summed E-state index contributed by atoms with van der Waals surface area (Å²) in [6, 6.07) is 0. The van der Waals surface area contributed by atoms with Crippen LogP contribution in [0.3, 0.4) is 0 Å². The van der Waals surface area contributed by atoms with E-state index in [1.165, 1.54) is 0 Å². The van der Waals surface area contributed by atoms with Crippen LogP contribution >= 0.6 is 15.9 Å². The third-order valence-corrected chi connectivity index (χ3v) is 2.81. The van der Waals surface area contributed by atoms with E-state index in [0.29, 0.717) is 5.92 Å². The Kier molecular flexibility index (Phi) is 4.24. The summed E-state index contributed by atoms with van der Waals surface area (Å²) in [5, 5.41) is 2.91. The standard InChI is InChI=1S/C9H18BrNO/c1-6(2)7(10)8(12)11-9(3,4)5/h6-7H,1-5H3,(H,11,12). The van der Waals surface area contributed by atoms with Gasteiger partial charge in [-0.1, -0.05) is 29.8 Å². The van der Waals surface area contributed by atoms with E-state index in [2.05, 4.69) is 21.2 Å². The van der Waals surface area contributed by atoms with Gasteiger partial charge in [0.2, 0.25) is 5.91 Å². The summed E-state index contributed by atoms with van der Waals surface area (Å²) in [4.78, 5) is 11.4. The highest BCUT2D eigenvalue weighted by Crippen LogP contribution is 2.13. The van der Waals surface area contributed by atoms with E-state index in [1.807, 2.05) is 34.6 Å². The van der Waals surface area contributed by atoms with Crippen molar-refractivity contribution >= 4 is 21.8 Å². The first-order valence-electron chi connectivity index (χ1n) is 4.20. The monoisotopic (exact) mass is 235 g/mol. The van der Waals surface area contributed by atoms with Crippen LogP contribution in [0.15, 0.2) is 0 Å². The maximum atomic E-state index is 11.4. The largest absolute Gasteiger partial charge is 0.351 e. The molecule has 0 fully saturated rings. The van der Waals surface area contributed by atoms with Crippen LogP contribution < -0.4 is 5.32 Å². The van der Waals surface area contributed by atoms with Gasteiger partial charge in [-0.2, -0.15) is 0 Å². The summed E-state index contributed by atoms with van der Waals surface area (Å²) in [6.45, 7) is 9.96. The van der Waals surface area contributed by atoms with Crippen molar-refractivity contribution in [2.75, 3.05) is 0 Å². The summed E-state index contributed by atoms with van der Waals surface area (Å²) in [5.41, 5.74) is -0.141. The van der Waals surface area contributed by atoms with E-state index in [-0.39, 0.29) is 16.3 Å². The zero-order valence-electron chi connectivity index (χ0n) is 8.44. The van der Waals surface area contributed by atoms with Gasteiger partial charge in [0.1, 0.15) is 0 Å². The predicted molar refractivity (Wildman–Crippen MR) is 55.4 cm³/mol. The van der Waals surface area contributed by atoms with Crippen LogP contribution in [0.25, 0.3) is 0 Å². The first-order valence-corrected chi connectivity index (χ1v) is 5.11. The van der Waals surface area contributed by atoms with Crippen LogP contribution in [0.1, 0.15) is 34.6 Å². The minimum absolute atomic E-state index is 0.0671. The molecule has 1 atom stereocenters. The van der Waals surface area contributed by atoms with Gasteiger partial charge in [0, 0.05) is 5.54 Å². The number of carbonyl (C=O) groups excluding carboxylic acids is 1. The summed E-state index contributed by atoms with van der Waals surface area (Å²) < 4.78 is 0. The van der Waals surface area contributed by atoms with Crippen LogP contribution in [-0.2, 0) is 4.79 Å². The lowest BCUT2D eigenvalue weighted by molar-refractivity contribution is -0.122. The number of nitrogens with one attached hydrogen (secondary N) is 1. The fraction of sp³-hybridized carbons (Fsp3) is 0.889. The second-order valence-electron chi connectivity index (χ2n) is 4.39. The molecule has 1 N–H and O–H groups in total. The van der Waals surface area contributed by atoms with Crippen molar-refractivity contribution < 1.29 is 4.79 Å².